The van der Waals surface area contributed by atoms with E-state index in [1.807, 2.05) is 32.9 Å². The number of hydrogen-bond donors (Lipinski definition) is 2. The van der Waals surface area contributed by atoms with E-state index in [0.29, 0.717) is 16.5 Å². The van der Waals surface area contributed by atoms with Gasteiger partial charge in [-0.1, -0.05) is 17.7 Å². The first kappa shape index (κ1) is 21.6. The van der Waals surface area contributed by atoms with Crippen LogP contribution in [0.1, 0.15) is 22.4 Å². The van der Waals surface area contributed by atoms with Crippen LogP contribution in [0, 0.1) is 20.8 Å². The van der Waals surface area contributed by atoms with Gasteiger partial charge in [0.1, 0.15) is 5.75 Å². The van der Waals surface area contributed by atoms with Crippen molar-refractivity contribution < 1.29 is 22.7 Å². The number of aromatic nitrogens is 1. The topological polar surface area (TPSA) is 63.2 Å². The number of nitrogens with zero attached hydrogens (tertiary/aromatic N) is 1. The molecule has 0 aliphatic carbocycles. The Kier molecular flexibility index (Phi) is 6.31. The van der Waals surface area contributed by atoms with Crippen molar-refractivity contribution in [2.24, 2.45) is 0 Å². The van der Waals surface area contributed by atoms with Crippen LogP contribution in [0.15, 0.2) is 41.8 Å². The Labute approximate surface area is 175 Å². The summed E-state index contributed by atoms with van der Waals surface area (Å²) in [4.78, 5) is 16.8. The predicted molar refractivity (Wildman–Crippen MR) is 112 cm³/mol. The number of nitrogens with one attached hydrogen (secondary N) is 2. The quantitative estimate of drug-likeness (QED) is 0.507. The number of amides is 1. The number of halogens is 3. The van der Waals surface area contributed by atoms with Crippen molar-refractivity contribution in [1.29, 1.82) is 0 Å². The second-order valence-electron chi connectivity index (χ2n) is 6.84. The number of rotatable bonds is 6. The van der Waals surface area contributed by atoms with Gasteiger partial charge in [-0.15, -0.1) is 24.5 Å². The first-order chi connectivity index (χ1) is 14.1. The van der Waals surface area contributed by atoms with E-state index in [2.05, 4.69) is 20.4 Å². The van der Waals surface area contributed by atoms with Crippen LogP contribution in [0.4, 0.5) is 29.7 Å². The van der Waals surface area contributed by atoms with Gasteiger partial charge in [0.05, 0.1) is 12.1 Å². The summed E-state index contributed by atoms with van der Waals surface area (Å²) >= 11 is 1.30. The van der Waals surface area contributed by atoms with Gasteiger partial charge >= 0.3 is 6.36 Å². The second-order valence-corrected chi connectivity index (χ2v) is 7.70. The number of anilines is 3. The van der Waals surface area contributed by atoms with Crippen LogP contribution in [0.2, 0.25) is 0 Å². The molecule has 5 nitrogen and oxygen atoms in total. The van der Waals surface area contributed by atoms with E-state index in [4.69, 9.17) is 0 Å². The third-order valence-electron chi connectivity index (χ3n) is 4.17. The Morgan fingerprint density at radius 3 is 2.33 bits per heavy atom. The standard InChI is InChI=1S/C21H20F3N3O2S/c1-12-8-13(2)19(14(3)9-12)27-18(28)10-16-11-30-20(26-16)25-15-4-6-17(7-5-15)29-21(22,23)24/h4-9,11H,10H2,1-3H3,(H,25,26)(H,27,28). The third-order valence-corrected chi connectivity index (χ3v) is 4.98. The van der Waals surface area contributed by atoms with Gasteiger partial charge in [0.25, 0.3) is 0 Å². The lowest BCUT2D eigenvalue weighted by molar-refractivity contribution is -0.274. The van der Waals surface area contributed by atoms with Gasteiger partial charge in [0.2, 0.25) is 5.91 Å². The molecule has 9 heteroatoms. The molecule has 3 rings (SSSR count). The molecular weight excluding hydrogens is 415 g/mol. The van der Waals surface area contributed by atoms with E-state index in [-0.39, 0.29) is 18.1 Å². The van der Waals surface area contributed by atoms with Gasteiger partial charge in [-0.2, -0.15) is 0 Å². The highest BCUT2D eigenvalue weighted by molar-refractivity contribution is 7.13. The van der Waals surface area contributed by atoms with Crippen molar-refractivity contribution in [3.8, 4) is 5.75 Å². The molecule has 0 aliphatic rings. The third kappa shape index (κ3) is 5.96. The molecule has 0 aliphatic heterocycles. The van der Waals surface area contributed by atoms with E-state index in [1.165, 1.54) is 35.6 Å². The largest absolute Gasteiger partial charge is 0.573 e. The second kappa shape index (κ2) is 8.74. The van der Waals surface area contributed by atoms with Crippen molar-refractivity contribution in [1.82, 2.24) is 4.98 Å². The molecule has 0 bridgehead atoms. The molecular formula is C21H20F3N3O2S. The predicted octanol–water partition coefficient (Wildman–Crippen LogP) is 5.89. The number of carbonyl (C=O) groups excluding carboxylic acids is 1. The van der Waals surface area contributed by atoms with Crippen LogP contribution >= 0.6 is 11.3 Å². The fourth-order valence-electron chi connectivity index (χ4n) is 3.03. The van der Waals surface area contributed by atoms with E-state index in [9.17, 15) is 18.0 Å². The molecule has 0 fully saturated rings. The van der Waals surface area contributed by atoms with Crippen LogP contribution in [0.5, 0.6) is 5.75 Å². The molecule has 0 radical (unpaired) electrons. The first-order valence-corrected chi connectivity index (χ1v) is 9.92. The lowest BCUT2D eigenvalue weighted by atomic mass is 10.0. The van der Waals surface area contributed by atoms with Gasteiger partial charge in [0, 0.05) is 16.8 Å². The zero-order chi connectivity index (χ0) is 21.9. The number of hydrogen-bond acceptors (Lipinski definition) is 5. The van der Waals surface area contributed by atoms with Crippen molar-refractivity contribution >= 4 is 33.8 Å². The summed E-state index contributed by atoms with van der Waals surface area (Å²) in [5.41, 5.74) is 5.09. The summed E-state index contributed by atoms with van der Waals surface area (Å²) in [6, 6.07) is 9.36. The number of ether oxygens (including phenoxy) is 1. The van der Waals surface area contributed by atoms with Gasteiger partial charge in [-0.05, 0) is 56.2 Å². The molecule has 2 aromatic carbocycles. The summed E-state index contributed by atoms with van der Waals surface area (Å²) in [6.07, 6.45) is -4.61. The monoisotopic (exact) mass is 435 g/mol. The summed E-state index contributed by atoms with van der Waals surface area (Å²) in [5.74, 6) is -0.471. The maximum absolute atomic E-state index is 12.4. The SMILES string of the molecule is Cc1cc(C)c(NC(=O)Cc2csc(Nc3ccc(OC(F)(F)F)cc3)n2)c(C)c1. The maximum atomic E-state index is 12.4. The van der Waals surface area contributed by atoms with Gasteiger partial charge < -0.3 is 15.4 Å². The smallest absolute Gasteiger partial charge is 0.406 e. The Bertz CT molecular complexity index is 1020. The first-order valence-electron chi connectivity index (χ1n) is 9.04. The highest BCUT2D eigenvalue weighted by Gasteiger charge is 2.30. The average molecular weight is 435 g/mol. The molecule has 0 unspecified atom stereocenters. The zero-order valence-electron chi connectivity index (χ0n) is 16.6. The molecule has 0 saturated heterocycles. The normalized spacial score (nSPS) is 11.3. The van der Waals surface area contributed by atoms with Crippen LogP contribution in [0.3, 0.4) is 0 Å². The molecule has 0 saturated carbocycles. The van der Waals surface area contributed by atoms with Crippen molar-refractivity contribution in [2.45, 2.75) is 33.6 Å². The highest BCUT2D eigenvalue weighted by Crippen LogP contribution is 2.27. The van der Waals surface area contributed by atoms with Crippen LogP contribution < -0.4 is 15.4 Å². The van der Waals surface area contributed by atoms with Crippen LogP contribution in [-0.2, 0) is 11.2 Å². The molecule has 1 aromatic heterocycles. The Hall–Kier alpha value is -3.07. The van der Waals surface area contributed by atoms with E-state index in [1.54, 1.807) is 5.38 Å². The summed E-state index contributed by atoms with van der Waals surface area (Å²) in [5, 5.41) is 8.23. The number of thiazole rings is 1. The minimum Gasteiger partial charge on any atom is -0.406 e. The van der Waals surface area contributed by atoms with Crippen LogP contribution in [-0.4, -0.2) is 17.3 Å². The zero-order valence-corrected chi connectivity index (χ0v) is 17.4. The minimum atomic E-state index is -4.73. The van der Waals surface area contributed by atoms with Gasteiger partial charge in [0.15, 0.2) is 5.13 Å². The molecule has 1 heterocycles. The molecule has 0 spiro atoms. The summed E-state index contributed by atoms with van der Waals surface area (Å²) in [6.45, 7) is 5.91. The summed E-state index contributed by atoms with van der Waals surface area (Å²) in [7, 11) is 0. The van der Waals surface area contributed by atoms with Gasteiger partial charge in [-0.25, -0.2) is 4.98 Å². The number of carbonyl (C=O) groups is 1. The summed E-state index contributed by atoms with van der Waals surface area (Å²) < 4.78 is 40.5. The molecule has 158 valence electrons. The van der Waals surface area contributed by atoms with E-state index >= 15 is 0 Å². The van der Waals surface area contributed by atoms with E-state index in [0.717, 1.165) is 22.4 Å². The molecule has 0 atom stereocenters. The average Bonchev–Trinajstić information content (AvgIpc) is 3.05. The highest BCUT2D eigenvalue weighted by atomic mass is 32.1. The number of alkyl halides is 3. The Balaban J connectivity index is 1.59. The fraction of sp³-hybridized carbons (Fsp3) is 0.238. The maximum Gasteiger partial charge on any atom is 0.573 e. The number of aryl methyl sites for hydroxylation is 3. The van der Waals surface area contributed by atoms with Crippen molar-refractivity contribution in [3.05, 3.63) is 64.2 Å². The molecule has 30 heavy (non-hydrogen) atoms. The Morgan fingerprint density at radius 1 is 1.10 bits per heavy atom. The molecule has 3 aromatic rings. The fourth-order valence-corrected chi connectivity index (χ4v) is 3.76. The molecule has 1 amide bonds. The van der Waals surface area contributed by atoms with Crippen molar-refractivity contribution in [3.63, 3.8) is 0 Å². The Morgan fingerprint density at radius 2 is 1.73 bits per heavy atom. The number of benzene rings is 2. The lowest BCUT2D eigenvalue weighted by Gasteiger charge is -2.12. The van der Waals surface area contributed by atoms with E-state index < -0.39 is 6.36 Å². The van der Waals surface area contributed by atoms with Crippen molar-refractivity contribution in [2.75, 3.05) is 10.6 Å². The lowest BCUT2D eigenvalue weighted by Crippen LogP contribution is -2.17. The minimum absolute atomic E-state index is 0.114. The van der Waals surface area contributed by atoms with Crippen LogP contribution in [0.25, 0.3) is 0 Å². The van der Waals surface area contributed by atoms with Gasteiger partial charge in [-0.3, -0.25) is 4.79 Å². The molecule has 2 N–H and O–H groups in total.